The highest BCUT2D eigenvalue weighted by Crippen LogP contribution is 2.32. The molecule has 2 aromatic carbocycles. The van der Waals surface area contributed by atoms with E-state index in [0.717, 1.165) is 5.56 Å². The average molecular weight is 421 g/mol. The Balaban J connectivity index is 1.59. The first-order valence-corrected chi connectivity index (χ1v) is 9.47. The molecule has 0 unspecified atom stereocenters. The van der Waals surface area contributed by atoms with Crippen LogP contribution in [-0.4, -0.2) is 52.7 Å². The van der Waals surface area contributed by atoms with Crippen LogP contribution in [0.2, 0.25) is 0 Å². The van der Waals surface area contributed by atoms with Crippen LogP contribution in [0.3, 0.4) is 0 Å². The van der Waals surface area contributed by atoms with Crippen LogP contribution < -0.4 is 15.4 Å². The van der Waals surface area contributed by atoms with Crippen molar-refractivity contribution in [2.75, 3.05) is 19.8 Å². The quantitative estimate of drug-likeness (QED) is 0.410. The number of nitrogens with one attached hydrogen (secondary N) is 2. The number of carbonyl (C=O) groups excluding carboxylic acids is 3. The second-order valence-corrected chi connectivity index (χ2v) is 7.14. The van der Waals surface area contributed by atoms with Crippen molar-refractivity contribution < 1.29 is 29.3 Å². The maximum Gasteiger partial charge on any atom is 0.322 e. The van der Waals surface area contributed by atoms with Gasteiger partial charge in [0, 0.05) is 12.1 Å². The van der Waals surface area contributed by atoms with Crippen molar-refractivity contribution in [1.29, 1.82) is 0 Å². The van der Waals surface area contributed by atoms with Gasteiger partial charge in [-0.05, 0) is 35.4 Å². The number of hydrogen-bond donors (Lipinski definition) is 4. The van der Waals surface area contributed by atoms with Crippen molar-refractivity contribution in [3.63, 3.8) is 0 Å². The molecular formula is C22H19N3O6. The number of benzene rings is 2. The van der Waals surface area contributed by atoms with Crippen molar-refractivity contribution in [1.82, 2.24) is 15.5 Å². The van der Waals surface area contributed by atoms with Gasteiger partial charge in [0.05, 0.1) is 6.54 Å². The monoisotopic (exact) mass is 421 g/mol. The summed E-state index contributed by atoms with van der Waals surface area (Å²) in [6, 6.07) is 10.4. The summed E-state index contributed by atoms with van der Waals surface area (Å²) in [4.78, 5) is 39.1. The molecule has 0 bridgehead atoms. The van der Waals surface area contributed by atoms with Gasteiger partial charge in [0.2, 0.25) is 0 Å². The molecule has 4 amide bonds. The van der Waals surface area contributed by atoms with Crippen molar-refractivity contribution in [2.45, 2.75) is 12.1 Å². The number of aliphatic hydroxyl groups is 1. The van der Waals surface area contributed by atoms with E-state index in [-0.39, 0.29) is 38.0 Å². The Morgan fingerprint density at radius 3 is 2.55 bits per heavy atom. The lowest BCUT2D eigenvalue weighted by atomic mass is 9.89. The zero-order chi connectivity index (χ0) is 22.0. The third-order valence-electron chi connectivity index (χ3n) is 5.20. The van der Waals surface area contributed by atoms with E-state index in [0.29, 0.717) is 16.9 Å². The van der Waals surface area contributed by atoms with Crippen molar-refractivity contribution in [3.8, 4) is 23.3 Å². The number of ether oxygens (including phenoxy) is 1. The zero-order valence-electron chi connectivity index (χ0n) is 16.3. The number of aliphatic hydroxyl groups excluding tert-OH is 1. The summed E-state index contributed by atoms with van der Waals surface area (Å²) in [7, 11) is 0. The molecule has 9 nitrogen and oxygen atoms in total. The van der Waals surface area contributed by atoms with E-state index in [4.69, 9.17) is 9.84 Å². The third kappa shape index (κ3) is 3.76. The van der Waals surface area contributed by atoms with E-state index in [1.54, 1.807) is 30.3 Å². The lowest BCUT2D eigenvalue weighted by Gasteiger charge is -2.31. The highest BCUT2D eigenvalue weighted by atomic mass is 16.5. The number of aromatic hydroxyl groups is 1. The van der Waals surface area contributed by atoms with Gasteiger partial charge in [0.15, 0.2) is 5.54 Å². The first-order chi connectivity index (χ1) is 14.9. The number of phenolic OH excluding ortho intramolecular Hbond substituents is 1. The summed E-state index contributed by atoms with van der Waals surface area (Å²) in [5.41, 5.74) is 0.116. The van der Waals surface area contributed by atoms with E-state index in [1.165, 1.54) is 17.0 Å². The molecule has 2 aliphatic rings. The molecule has 0 aliphatic carbocycles. The van der Waals surface area contributed by atoms with Crippen LogP contribution in [0.4, 0.5) is 4.79 Å². The van der Waals surface area contributed by atoms with Crippen LogP contribution in [0, 0.1) is 11.8 Å². The number of rotatable bonds is 5. The molecule has 4 N–H and O–H groups in total. The summed E-state index contributed by atoms with van der Waals surface area (Å²) >= 11 is 0. The highest BCUT2D eigenvalue weighted by Gasteiger charge is 2.50. The Morgan fingerprint density at radius 2 is 1.87 bits per heavy atom. The van der Waals surface area contributed by atoms with Gasteiger partial charge < -0.3 is 25.2 Å². The normalized spacial score (nSPS) is 19.4. The lowest BCUT2D eigenvalue weighted by Crippen LogP contribution is -2.52. The lowest BCUT2D eigenvalue weighted by molar-refractivity contribution is -0.124. The van der Waals surface area contributed by atoms with Crippen LogP contribution in [0.15, 0.2) is 42.5 Å². The summed E-state index contributed by atoms with van der Waals surface area (Å²) in [6.07, 6.45) is 0. The number of carbonyl (C=O) groups is 3. The smallest absolute Gasteiger partial charge is 0.322 e. The SMILES string of the molecule is O=C1NC(=O)[C@](CN2Cc3ccc(O)cc3C2=O)(c2ccc(OCC#CCO)cc2)N1. The maximum atomic E-state index is 12.8. The first kappa shape index (κ1) is 20.3. The molecule has 1 fully saturated rings. The van der Waals surface area contributed by atoms with Crippen LogP contribution in [-0.2, 0) is 16.9 Å². The molecule has 2 aliphatic heterocycles. The predicted octanol–water partition coefficient (Wildman–Crippen LogP) is 0.457. The molecule has 158 valence electrons. The topological polar surface area (TPSA) is 128 Å². The summed E-state index contributed by atoms with van der Waals surface area (Å²) in [6.45, 7) is 0.0130. The van der Waals surface area contributed by atoms with Gasteiger partial charge in [-0.25, -0.2) is 4.79 Å². The second-order valence-electron chi connectivity index (χ2n) is 7.14. The van der Waals surface area contributed by atoms with E-state index < -0.39 is 17.5 Å². The fourth-order valence-electron chi connectivity index (χ4n) is 3.72. The standard InChI is InChI=1S/C22H19N3O6/c26-9-1-2-10-31-17-7-4-15(5-8-17)22(20(29)23-21(30)24-22)13-25-12-14-3-6-16(27)11-18(14)19(25)28/h3-8,11,26-27H,9-10,12-13H2,(H2,23,24,29,30)/t22-/m0/s1. The molecule has 0 spiro atoms. The Morgan fingerprint density at radius 1 is 1.10 bits per heavy atom. The summed E-state index contributed by atoms with van der Waals surface area (Å²) < 4.78 is 5.45. The van der Waals surface area contributed by atoms with E-state index >= 15 is 0 Å². The highest BCUT2D eigenvalue weighted by molar-refractivity contribution is 6.08. The Kier molecular flexibility index (Phi) is 5.23. The molecular weight excluding hydrogens is 402 g/mol. The van der Waals surface area contributed by atoms with Gasteiger partial charge in [-0.1, -0.05) is 30.0 Å². The van der Waals surface area contributed by atoms with Crippen molar-refractivity contribution in [2.24, 2.45) is 0 Å². The number of nitrogens with zero attached hydrogens (tertiary/aromatic N) is 1. The van der Waals surface area contributed by atoms with Gasteiger partial charge in [-0.2, -0.15) is 0 Å². The number of amides is 4. The molecule has 2 aromatic rings. The van der Waals surface area contributed by atoms with Crippen LogP contribution in [0.25, 0.3) is 0 Å². The number of fused-ring (bicyclic) bond motifs is 1. The van der Waals surface area contributed by atoms with Crippen LogP contribution >= 0.6 is 0 Å². The Hall–Kier alpha value is -4.03. The molecule has 0 saturated carbocycles. The van der Waals surface area contributed by atoms with E-state index in [9.17, 15) is 19.5 Å². The minimum atomic E-state index is -1.47. The molecule has 0 aromatic heterocycles. The van der Waals surface area contributed by atoms with E-state index in [1.807, 2.05) is 0 Å². The molecule has 1 atom stereocenters. The largest absolute Gasteiger partial charge is 0.508 e. The number of phenols is 1. The fourth-order valence-corrected chi connectivity index (χ4v) is 3.72. The van der Waals surface area contributed by atoms with Crippen molar-refractivity contribution >= 4 is 17.8 Å². The fraction of sp³-hybridized carbons (Fsp3) is 0.227. The predicted molar refractivity (Wildman–Crippen MR) is 108 cm³/mol. The molecule has 1 saturated heterocycles. The third-order valence-corrected chi connectivity index (χ3v) is 5.20. The van der Waals surface area contributed by atoms with Gasteiger partial charge >= 0.3 is 6.03 Å². The number of hydrogen-bond acceptors (Lipinski definition) is 6. The summed E-state index contributed by atoms with van der Waals surface area (Å²) in [5, 5.41) is 23.3. The molecule has 31 heavy (non-hydrogen) atoms. The minimum Gasteiger partial charge on any atom is -0.508 e. The van der Waals surface area contributed by atoms with Crippen LogP contribution in [0.1, 0.15) is 21.5 Å². The molecule has 9 heteroatoms. The second kappa shape index (κ2) is 8.01. The number of urea groups is 1. The average Bonchev–Trinajstić information content (AvgIpc) is 3.21. The Bertz CT molecular complexity index is 1120. The van der Waals surface area contributed by atoms with E-state index in [2.05, 4.69) is 22.5 Å². The van der Waals surface area contributed by atoms with Gasteiger partial charge in [0.25, 0.3) is 11.8 Å². The summed E-state index contributed by atoms with van der Waals surface area (Å²) in [5.74, 6) is 4.69. The van der Waals surface area contributed by atoms with Gasteiger partial charge in [-0.15, -0.1) is 0 Å². The minimum absolute atomic E-state index is 0.0187. The first-order valence-electron chi connectivity index (χ1n) is 9.47. The van der Waals surface area contributed by atoms with Crippen LogP contribution in [0.5, 0.6) is 11.5 Å². The molecule has 0 radical (unpaired) electrons. The Labute approximate surface area is 177 Å². The van der Waals surface area contributed by atoms with Gasteiger partial charge in [0.1, 0.15) is 24.7 Å². The molecule has 4 rings (SSSR count). The van der Waals surface area contributed by atoms with Gasteiger partial charge in [-0.3, -0.25) is 14.9 Å². The zero-order valence-corrected chi connectivity index (χ0v) is 16.3. The molecule has 2 heterocycles. The van der Waals surface area contributed by atoms with Crippen molar-refractivity contribution in [3.05, 3.63) is 59.2 Å². The maximum absolute atomic E-state index is 12.8. The number of imide groups is 1.